The standard InChI is InChI=1S/C18H27N3O2.HI/c1-19-18(21-8-9-23-16(12-21)13-22-2)20-17-11-15(17)10-14-6-4-3-5-7-14;/h3-7,15-17H,8-13H2,1-2H3,(H,19,20);1H. The van der Waals surface area contributed by atoms with Gasteiger partial charge in [-0.25, -0.2) is 0 Å². The van der Waals surface area contributed by atoms with Crippen LogP contribution in [-0.2, 0) is 15.9 Å². The third-order valence-corrected chi connectivity index (χ3v) is 4.58. The molecule has 0 bridgehead atoms. The highest BCUT2D eigenvalue weighted by molar-refractivity contribution is 14.0. The molecular weight excluding hydrogens is 417 g/mol. The molecule has 6 heteroatoms. The number of ether oxygens (including phenoxy) is 2. The molecule has 3 unspecified atom stereocenters. The minimum absolute atomic E-state index is 0. The quantitative estimate of drug-likeness (QED) is 0.429. The lowest BCUT2D eigenvalue weighted by Gasteiger charge is -2.34. The zero-order chi connectivity index (χ0) is 16.1. The highest BCUT2D eigenvalue weighted by Crippen LogP contribution is 2.33. The lowest BCUT2D eigenvalue weighted by Crippen LogP contribution is -2.52. The summed E-state index contributed by atoms with van der Waals surface area (Å²) in [4.78, 5) is 6.75. The van der Waals surface area contributed by atoms with Crippen molar-refractivity contribution in [3.05, 3.63) is 35.9 Å². The molecule has 0 amide bonds. The van der Waals surface area contributed by atoms with Crippen molar-refractivity contribution >= 4 is 29.9 Å². The van der Waals surface area contributed by atoms with Crippen LogP contribution in [-0.4, -0.2) is 63.5 Å². The molecule has 1 heterocycles. The molecule has 0 radical (unpaired) electrons. The van der Waals surface area contributed by atoms with E-state index in [0.717, 1.165) is 32.1 Å². The maximum Gasteiger partial charge on any atom is 0.194 e. The number of rotatable bonds is 5. The van der Waals surface area contributed by atoms with Gasteiger partial charge in [-0.3, -0.25) is 4.99 Å². The van der Waals surface area contributed by atoms with Gasteiger partial charge < -0.3 is 19.7 Å². The number of hydrogen-bond donors (Lipinski definition) is 1. The van der Waals surface area contributed by atoms with Gasteiger partial charge in [-0.2, -0.15) is 0 Å². The van der Waals surface area contributed by atoms with Crippen LogP contribution in [0.15, 0.2) is 35.3 Å². The molecule has 2 fully saturated rings. The Labute approximate surface area is 161 Å². The number of benzene rings is 1. The van der Waals surface area contributed by atoms with Crippen molar-refractivity contribution in [2.75, 3.05) is 40.5 Å². The van der Waals surface area contributed by atoms with Gasteiger partial charge >= 0.3 is 0 Å². The Balaban J connectivity index is 0.00000208. The SMILES string of the molecule is CN=C(NC1CC1Cc1ccccc1)N1CCOC(COC)C1.I. The average Bonchev–Trinajstić information content (AvgIpc) is 3.31. The molecule has 3 rings (SSSR count). The number of nitrogens with zero attached hydrogens (tertiary/aromatic N) is 2. The van der Waals surface area contributed by atoms with Gasteiger partial charge in [-0.05, 0) is 24.3 Å². The lowest BCUT2D eigenvalue weighted by molar-refractivity contribution is -0.0447. The van der Waals surface area contributed by atoms with Crippen LogP contribution in [0.1, 0.15) is 12.0 Å². The molecule has 1 aliphatic carbocycles. The molecule has 24 heavy (non-hydrogen) atoms. The Bertz CT molecular complexity index is 524. The fourth-order valence-corrected chi connectivity index (χ4v) is 3.23. The van der Waals surface area contributed by atoms with E-state index in [9.17, 15) is 0 Å². The summed E-state index contributed by atoms with van der Waals surface area (Å²) in [6.45, 7) is 3.08. The second-order valence-electron chi connectivity index (χ2n) is 6.38. The predicted octanol–water partition coefficient (Wildman–Crippen LogP) is 2.16. The van der Waals surface area contributed by atoms with E-state index in [1.54, 1.807) is 7.11 Å². The summed E-state index contributed by atoms with van der Waals surface area (Å²) in [5.41, 5.74) is 1.42. The molecule has 1 aromatic rings. The first kappa shape index (κ1) is 19.5. The van der Waals surface area contributed by atoms with Crippen molar-refractivity contribution in [2.24, 2.45) is 10.9 Å². The van der Waals surface area contributed by atoms with Crippen LogP contribution in [0.4, 0.5) is 0 Å². The van der Waals surface area contributed by atoms with Crippen LogP contribution in [0.5, 0.6) is 0 Å². The Morgan fingerprint density at radius 3 is 2.88 bits per heavy atom. The van der Waals surface area contributed by atoms with E-state index in [2.05, 4.69) is 45.5 Å². The van der Waals surface area contributed by atoms with Crippen molar-refractivity contribution in [3.63, 3.8) is 0 Å². The number of methoxy groups -OCH3 is 1. The van der Waals surface area contributed by atoms with Gasteiger partial charge in [0.25, 0.3) is 0 Å². The molecular formula is C18H28IN3O2. The molecule has 0 spiro atoms. The summed E-state index contributed by atoms with van der Waals surface area (Å²) in [6.07, 6.45) is 2.50. The highest BCUT2D eigenvalue weighted by Gasteiger charge is 2.38. The Morgan fingerprint density at radius 2 is 2.17 bits per heavy atom. The summed E-state index contributed by atoms with van der Waals surface area (Å²) in [5, 5.41) is 3.62. The molecule has 0 aromatic heterocycles. The predicted molar refractivity (Wildman–Crippen MR) is 107 cm³/mol. The van der Waals surface area contributed by atoms with E-state index in [1.165, 1.54) is 12.0 Å². The van der Waals surface area contributed by atoms with Crippen molar-refractivity contribution in [3.8, 4) is 0 Å². The molecule has 1 aliphatic heterocycles. The van der Waals surface area contributed by atoms with E-state index in [1.807, 2.05) is 7.05 Å². The third-order valence-electron chi connectivity index (χ3n) is 4.58. The second-order valence-corrected chi connectivity index (χ2v) is 6.38. The van der Waals surface area contributed by atoms with Gasteiger partial charge in [0.1, 0.15) is 0 Å². The van der Waals surface area contributed by atoms with Gasteiger partial charge in [-0.1, -0.05) is 30.3 Å². The summed E-state index contributed by atoms with van der Waals surface area (Å²) < 4.78 is 10.9. The second kappa shape index (κ2) is 9.58. The maximum absolute atomic E-state index is 5.71. The van der Waals surface area contributed by atoms with E-state index >= 15 is 0 Å². The van der Waals surface area contributed by atoms with Gasteiger partial charge in [0.2, 0.25) is 0 Å². The highest BCUT2D eigenvalue weighted by atomic mass is 127. The number of nitrogens with one attached hydrogen (secondary N) is 1. The fraction of sp³-hybridized carbons (Fsp3) is 0.611. The number of hydrogen-bond acceptors (Lipinski definition) is 3. The summed E-state index contributed by atoms with van der Waals surface area (Å²) in [5.74, 6) is 1.71. The summed E-state index contributed by atoms with van der Waals surface area (Å²) in [7, 11) is 3.57. The van der Waals surface area contributed by atoms with Gasteiger partial charge in [0.15, 0.2) is 5.96 Å². The Hall–Kier alpha value is -0.860. The number of aliphatic imine (C=N–C) groups is 1. The number of morpholine rings is 1. The van der Waals surface area contributed by atoms with Crippen LogP contribution < -0.4 is 5.32 Å². The van der Waals surface area contributed by atoms with Crippen molar-refractivity contribution in [1.29, 1.82) is 0 Å². The number of guanidine groups is 1. The van der Waals surface area contributed by atoms with Crippen molar-refractivity contribution in [1.82, 2.24) is 10.2 Å². The molecule has 5 nitrogen and oxygen atoms in total. The molecule has 1 aromatic carbocycles. The van der Waals surface area contributed by atoms with Crippen LogP contribution in [0.25, 0.3) is 0 Å². The largest absolute Gasteiger partial charge is 0.382 e. The average molecular weight is 445 g/mol. The smallest absolute Gasteiger partial charge is 0.194 e. The van der Waals surface area contributed by atoms with Crippen molar-refractivity contribution < 1.29 is 9.47 Å². The summed E-state index contributed by atoms with van der Waals surface area (Å²) >= 11 is 0. The first-order valence-corrected chi connectivity index (χ1v) is 8.43. The van der Waals surface area contributed by atoms with Crippen LogP contribution in [0, 0.1) is 5.92 Å². The van der Waals surface area contributed by atoms with Crippen LogP contribution in [0.3, 0.4) is 0 Å². The van der Waals surface area contributed by atoms with E-state index in [0.29, 0.717) is 18.6 Å². The van der Waals surface area contributed by atoms with E-state index in [4.69, 9.17) is 9.47 Å². The molecule has 134 valence electrons. The normalized spacial score (nSPS) is 26.7. The lowest BCUT2D eigenvalue weighted by atomic mass is 10.1. The first-order valence-electron chi connectivity index (χ1n) is 8.43. The first-order chi connectivity index (χ1) is 11.3. The monoisotopic (exact) mass is 445 g/mol. The Kier molecular flexibility index (Phi) is 7.77. The minimum Gasteiger partial charge on any atom is -0.382 e. The Morgan fingerprint density at radius 1 is 1.38 bits per heavy atom. The molecule has 2 aliphatic rings. The van der Waals surface area contributed by atoms with Crippen LogP contribution >= 0.6 is 24.0 Å². The van der Waals surface area contributed by atoms with E-state index < -0.39 is 0 Å². The zero-order valence-corrected chi connectivity index (χ0v) is 16.8. The van der Waals surface area contributed by atoms with Gasteiger partial charge in [0, 0.05) is 33.3 Å². The maximum atomic E-state index is 5.71. The zero-order valence-electron chi connectivity index (χ0n) is 14.5. The third kappa shape index (κ3) is 5.32. The molecule has 1 N–H and O–H groups in total. The van der Waals surface area contributed by atoms with Gasteiger partial charge in [0.05, 0.1) is 19.3 Å². The van der Waals surface area contributed by atoms with E-state index in [-0.39, 0.29) is 30.1 Å². The van der Waals surface area contributed by atoms with Crippen molar-refractivity contribution in [2.45, 2.75) is 25.0 Å². The van der Waals surface area contributed by atoms with Crippen LogP contribution in [0.2, 0.25) is 0 Å². The fourth-order valence-electron chi connectivity index (χ4n) is 3.23. The minimum atomic E-state index is 0. The topological polar surface area (TPSA) is 46.1 Å². The van der Waals surface area contributed by atoms with Gasteiger partial charge in [-0.15, -0.1) is 24.0 Å². The number of halogens is 1. The molecule has 3 atom stereocenters. The molecule has 1 saturated heterocycles. The summed E-state index contributed by atoms with van der Waals surface area (Å²) in [6, 6.07) is 11.3. The molecule has 1 saturated carbocycles.